The zero-order valence-electron chi connectivity index (χ0n) is 13.7. The van der Waals surface area contributed by atoms with E-state index in [2.05, 4.69) is 10.6 Å². The first-order valence-electron chi connectivity index (χ1n) is 7.67. The standard InChI is InChI=1S/C18H22N2O3/c1-4-19-17(21)11-20-18(22)12(2)13-5-6-15-10-16(23-3)8-7-14(15)9-13/h5-10,12H,4,11H2,1-3H3,(H,19,21)(H,20,22). The van der Waals surface area contributed by atoms with Gasteiger partial charge in [0.1, 0.15) is 5.75 Å². The molecule has 2 aromatic rings. The van der Waals surface area contributed by atoms with Crippen LogP contribution in [0.4, 0.5) is 0 Å². The zero-order chi connectivity index (χ0) is 16.8. The van der Waals surface area contributed by atoms with E-state index in [4.69, 9.17) is 4.74 Å². The van der Waals surface area contributed by atoms with E-state index < -0.39 is 0 Å². The summed E-state index contributed by atoms with van der Waals surface area (Å²) in [7, 11) is 1.64. The minimum Gasteiger partial charge on any atom is -0.497 e. The molecule has 0 radical (unpaired) electrons. The molecule has 2 aromatic carbocycles. The van der Waals surface area contributed by atoms with E-state index in [1.165, 1.54) is 0 Å². The fourth-order valence-corrected chi connectivity index (χ4v) is 2.37. The van der Waals surface area contributed by atoms with E-state index in [9.17, 15) is 9.59 Å². The van der Waals surface area contributed by atoms with E-state index in [0.29, 0.717) is 6.54 Å². The van der Waals surface area contributed by atoms with Crippen molar-refractivity contribution in [2.24, 2.45) is 0 Å². The molecule has 0 aliphatic rings. The molecule has 0 spiro atoms. The summed E-state index contributed by atoms with van der Waals surface area (Å²) in [4.78, 5) is 23.6. The van der Waals surface area contributed by atoms with Crippen LogP contribution in [0.2, 0.25) is 0 Å². The van der Waals surface area contributed by atoms with Gasteiger partial charge in [-0.25, -0.2) is 0 Å². The third-order valence-corrected chi connectivity index (χ3v) is 3.76. The first kappa shape index (κ1) is 16.8. The van der Waals surface area contributed by atoms with Crippen molar-refractivity contribution in [2.75, 3.05) is 20.2 Å². The van der Waals surface area contributed by atoms with E-state index in [1.54, 1.807) is 7.11 Å². The average Bonchev–Trinajstić information content (AvgIpc) is 2.58. The number of fused-ring (bicyclic) bond motifs is 1. The second kappa shape index (κ2) is 7.63. The van der Waals surface area contributed by atoms with E-state index in [-0.39, 0.29) is 24.3 Å². The van der Waals surface area contributed by atoms with Gasteiger partial charge in [0.15, 0.2) is 0 Å². The van der Waals surface area contributed by atoms with E-state index in [1.807, 2.05) is 50.2 Å². The lowest BCUT2D eigenvalue weighted by Crippen LogP contribution is -2.38. The van der Waals surface area contributed by atoms with Crippen LogP contribution in [0.1, 0.15) is 25.3 Å². The molecule has 1 atom stereocenters. The van der Waals surface area contributed by atoms with Crippen LogP contribution < -0.4 is 15.4 Å². The lowest BCUT2D eigenvalue weighted by molar-refractivity contribution is -0.126. The van der Waals surface area contributed by atoms with Gasteiger partial charge in [-0.05, 0) is 42.3 Å². The topological polar surface area (TPSA) is 67.4 Å². The molecule has 2 N–H and O–H groups in total. The molecular formula is C18H22N2O3. The van der Waals surface area contributed by atoms with Crippen molar-refractivity contribution in [1.82, 2.24) is 10.6 Å². The maximum absolute atomic E-state index is 12.2. The largest absolute Gasteiger partial charge is 0.497 e. The third-order valence-electron chi connectivity index (χ3n) is 3.76. The molecule has 0 saturated carbocycles. The summed E-state index contributed by atoms with van der Waals surface area (Å²) in [6.07, 6.45) is 0. The minimum absolute atomic E-state index is 0.00178. The Morgan fingerprint density at radius 3 is 2.48 bits per heavy atom. The number of amides is 2. The maximum Gasteiger partial charge on any atom is 0.239 e. The summed E-state index contributed by atoms with van der Waals surface area (Å²) in [5.74, 6) is 0.136. The summed E-state index contributed by atoms with van der Waals surface area (Å²) >= 11 is 0. The van der Waals surface area contributed by atoms with Crippen LogP contribution in [0.5, 0.6) is 5.75 Å². The van der Waals surface area contributed by atoms with Crippen LogP contribution in [0.3, 0.4) is 0 Å². The van der Waals surface area contributed by atoms with Gasteiger partial charge in [0.25, 0.3) is 0 Å². The number of hydrogen-bond donors (Lipinski definition) is 2. The van der Waals surface area contributed by atoms with Crippen LogP contribution in [0.25, 0.3) is 10.8 Å². The van der Waals surface area contributed by atoms with Crippen LogP contribution >= 0.6 is 0 Å². The van der Waals surface area contributed by atoms with Crippen molar-refractivity contribution in [1.29, 1.82) is 0 Å². The van der Waals surface area contributed by atoms with E-state index >= 15 is 0 Å². The monoisotopic (exact) mass is 314 g/mol. The van der Waals surface area contributed by atoms with E-state index in [0.717, 1.165) is 22.1 Å². The summed E-state index contributed by atoms with van der Waals surface area (Å²) in [6, 6.07) is 11.7. The highest BCUT2D eigenvalue weighted by molar-refractivity contribution is 5.90. The lowest BCUT2D eigenvalue weighted by atomic mass is 9.97. The van der Waals surface area contributed by atoms with Gasteiger partial charge in [0.05, 0.1) is 19.6 Å². The number of carbonyl (C=O) groups is 2. The first-order valence-corrected chi connectivity index (χ1v) is 7.67. The Morgan fingerprint density at radius 2 is 1.78 bits per heavy atom. The predicted octanol–water partition coefficient (Wildman–Crippen LogP) is 2.20. The average molecular weight is 314 g/mol. The van der Waals surface area contributed by atoms with Crippen LogP contribution in [-0.2, 0) is 9.59 Å². The normalized spacial score (nSPS) is 11.8. The highest BCUT2D eigenvalue weighted by Crippen LogP contribution is 2.25. The first-order chi connectivity index (χ1) is 11.0. The molecule has 2 rings (SSSR count). The molecule has 0 saturated heterocycles. The van der Waals surface area contributed by atoms with Gasteiger partial charge in [0, 0.05) is 6.54 Å². The predicted molar refractivity (Wildman–Crippen MR) is 90.6 cm³/mol. The quantitative estimate of drug-likeness (QED) is 0.859. The fourth-order valence-electron chi connectivity index (χ4n) is 2.37. The molecule has 0 heterocycles. The summed E-state index contributed by atoms with van der Waals surface area (Å²) in [6.45, 7) is 4.23. The number of hydrogen-bond acceptors (Lipinski definition) is 3. The Morgan fingerprint density at radius 1 is 1.09 bits per heavy atom. The maximum atomic E-state index is 12.2. The molecule has 0 aliphatic heterocycles. The molecule has 23 heavy (non-hydrogen) atoms. The molecule has 5 heteroatoms. The van der Waals surface area contributed by atoms with Crippen molar-refractivity contribution < 1.29 is 14.3 Å². The van der Waals surface area contributed by atoms with Crippen LogP contribution in [0.15, 0.2) is 36.4 Å². The van der Waals surface area contributed by atoms with Crippen molar-refractivity contribution in [3.8, 4) is 5.75 Å². The van der Waals surface area contributed by atoms with Gasteiger partial charge < -0.3 is 15.4 Å². The van der Waals surface area contributed by atoms with Gasteiger partial charge in [0.2, 0.25) is 11.8 Å². The Labute approximate surface area is 136 Å². The number of nitrogens with one attached hydrogen (secondary N) is 2. The Kier molecular flexibility index (Phi) is 5.57. The molecule has 122 valence electrons. The Balaban J connectivity index is 2.09. The molecular weight excluding hydrogens is 292 g/mol. The van der Waals surface area contributed by atoms with Crippen molar-refractivity contribution in [3.05, 3.63) is 42.0 Å². The second-order valence-corrected chi connectivity index (χ2v) is 5.37. The van der Waals surface area contributed by atoms with Gasteiger partial charge in [-0.2, -0.15) is 0 Å². The number of ether oxygens (including phenoxy) is 1. The Hall–Kier alpha value is -2.56. The summed E-state index contributed by atoms with van der Waals surface area (Å²) in [5.41, 5.74) is 0.913. The number of likely N-dealkylation sites (N-methyl/N-ethyl adjacent to an activating group) is 1. The molecule has 5 nitrogen and oxygen atoms in total. The third kappa shape index (κ3) is 4.22. The lowest BCUT2D eigenvalue weighted by Gasteiger charge is -2.13. The number of rotatable bonds is 6. The number of carbonyl (C=O) groups excluding carboxylic acids is 2. The molecule has 2 amide bonds. The summed E-state index contributed by atoms with van der Waals surface area (Å²) < 4.78 is 5.21. The highest BCUT2D eigenvalue weighted by atomic mass is 16.5. The smallest absolute Gasteiger partial charge is 0.239 e. The number of methoxy groups -OCH3 is 1. The van der Waals surface area contributed by atoms with Gasteiger partial charge >= 0.3 is 0 Å². The number of benzene rings is 2. The van der Waals surface area contributed by atoms with Crippen molar-refractivity contribution >= 4 is 22.6 Å². The molecule has 1 unspecified atom stereocenters. The molecule has 0 aromatic heterocycles. The molecule has 0 aliphatic carbocycles. The molecule has 0 fully saturated rings. The highest BCUT2D eigenvalue weighted by Gasteiger charge is 2.16. The molecule has 0 bridgehead atoms. The van der Waals surface area contributed by atoms with Crippen LogP contribution in [-0.4, -0.2) is 32.0 Å². The van der Waals surface area contributed by atoms with Gasteiger partial charge in [-0.15, -0.1) is 0 Å². The van der Waals surface area contributed by atoms with Gasteiger partial charge in [-0.3, -0.25) is 9.59 Å². The SMILES string of the molecule is CCNC(=O)CNC(=O)C(C)c1ccc2cc(OC)ccc2c1. The Bertz CT molecular complexity index is 712. The zero-order valence-corrected chi connectivity index (χ0v) is 13.7. The van der Waals surface area contributed by atoms with Crippen molar-refractivity contribution in [2.45, 2.75) is 19.8 Å². The van der Waals surface area contributed by atoms with Crippen molar-refractivity contribution in [3.63, 3.8) is 0 Å². The van der Waals surface area contributed by atoms with Gasteiger partial charge in [-0.1, -0.05) is 24.3 Å². The minimum atomic E-state index is -0.323. The second-order valence-electron chi connectivity index (χ2n) is 5.37. The van der Waals surface area contributed by atoms with Crippen LogP contribution in [0, 0.1) is 0 Å². The summed E-state index contributed by atoms with van der Waals surface area (Å²) in [5, 5.41) is 7.42. The fraction of sp³-hybridized carbons (Fsp3) is 0.333.